The van der Waals surface area contributed by atoms with Crippen molar-refractivity contribution in [3.05, 3.63) is 11.2 Å². The molecule has 24 heavy (non-hydrogen) atoms. The number of rotatable bonds is 3. The number of nitrogens with zero attached hydrogens (tertiary/aromatic N) is 4. The molecule has 1 saturated heterocycles. The van der Waals surface area contributed by atoms with Gasteiger partial charge >= 0.3 is 6.09 Å². The molecule has 1 fully saturated rings. The van der Waals surface area contributed by atoms with E-state index in [0.717, 1.165) is 18.7 Å². The molecule has 0 aromatic carbocycles. The van der Waals surface area contributed by atoms with Crippen molar-refractivity contribution in [3.8, 4) is 0 Å². The molecule has 8 heteroatoms. The van der Waals surface area contributed by atoms with Crippen molar-refractivity contribution in [2.75, 3.05) is 23.8 Å². The van der Waals surface area contributed by atoms with Crippen LogP contribution in [0.15, 0.2) is 6.07 Å². The first kappa shape index (κ1) is 18.6. The Labute approximate surface area is 148 Å². The summed E-state index contributed by atoms with van der Waals surface area (Å²) in [6.07, 6.45) is 0.832. The first-order valence-corrected chi connectivity index (χ1v) is 8.52. The minimum atomic E-state index is -0.890. The summed E-state index contributed by atoms with van der Waals surface area (Å²) in [5.41, 5.74) is -0.456. The number of carbonyl (C=O) groups is 1. The van der Waals surface area contributed by atoms with E-state index >= 15 is 0 Å². The van der Waals surface area contributed by atoms with Gasteiger partial charge in [0.1, 0.15) is 11.0 Å². The van der Waals surface area contributed by atoms with Gasteiger partial charge in [-0.1, -0.05) is 11.6 Å². The van der Waals surface area contributed by atoms with E-state index in [4.69, 9.17) is 11.6 Å². The number of hydrogen-bond acceptors (Lipinski definition) is 5. The Morgan fingerprint density at radius 1 is 1.42 bits per heavy atom. The fourth-order valence-corrected chi connectivity index (χ4v) is 3.45. The average molecular weight is 356 g/mol. The molecule has 0 unspecified atom stereocenters. The highest BCUT2D eigenvalue weighted by Crippen LogP contribution is 2.30. The molecule has 1 aliphatic heterocycles. The summed E-state index contributed by atoms with van der Waals surface area (Å²) in [5, 5.41) is 12.9. The van der Waals surface area contributed by atoms with Gasteiger partial charge in [-0.3, -0.25) is 4.90 Å². The van der Waals surface area contributed by atoms with Gasteiger partial charge in [0.15, 0.2) is 0 Å². The topological polar surface area (TPSA) is 81.6 Å². The maximum atomic E-state index is 11.8. The highest BCUT2D eigenvalue weighted by Gasteiger charge is 2.38. The first-order chi connectivity index (χ1) is 11.1. The van der Waals surface area contributed by atoms with Crippen molar-refractivity contribution < 1.29 is 9.90 Å². The maximum Gasteiger partial charge on any atom is 0.408 e. The normalized spacial score (nSPS) is 21.5. The molecule has 0 radical (unpaired) electrons. The van der Waals surface area contributed by atoms with Gasteiger partial charge in [-0.2, -0.15) is 4.98 Å². The first-order valence-electron chi connectivity index (χ1n) is 8.14. The zero-order valence-electron chi connectivity index (χ0n) is 14.9. The van der Waals surface area contributed by atoms with Gasteiger partial charge in [0.05, 0.1) is 6.04 Å². The highest BCUT2D eigenvalue weighted by molar-refractivity contribution is 6.29. The summed E-state index contributed by atoms with van der Waals surface area (Å²) < 4.78 is 0. The Morgan fingerprint density at radius 3 is 2.62 bits per heavy atom. The SMILES string of the molecule is CNc1nc(Cl)cc(N2C[C@H](N(C(=O)O)C(C)(C)C)CC[C@@H]2C)n1. The Hall–Kier alpha value is -1.76. The third-order valence-electron chi connectivity index (χ3n) is 4.35. The lowest BCUT2D eigenvalue weighted by molar-refractivity contribution is 0.0621. The molecule has 2 rings (SSSR count). The molecule has 7 nitrogen and oxygen atoms in total. The fraction of sp³-hybridized carbons (Fsp3) is 0.688. The van der Waals surface area contributed by atoms with Gasteiger partial charge in [0.2, 0.25) is 5.95 Å². The Kier molecular flexibility index (Phi) is 5.42. The van der Waals surface area contributed by atoms with Crippen LogP contribution in [-0.2, 0) is 0 Å². The summed E-state index contributed by atoms with van der Waals surface area (Å²) in [7, 11) is 1.74. The number of anilines is 2. The summed E-state index contributed by atoms with van der Waals surface area (Å²) in [4.78, 5) is 24.0. The van der Waals surface area contributed by atoms with Gasteiger partial charge in [0, 0.05) is 31.2 Å². The minimum absolute atomic E-state index is 0.0922. The van der Waals surface area contributed by atoms with Crippen molar-refractivity contribution in [3.63, 3.8) is 0 Å². The Balaban J connectivity index is 2.31. The molecular formula is C16H26ClN5O2. The second-order valence-corrected chi connectivity index (χ2v) is 7.57. The number of hydrogen-bond donors (Lipinski definition) is 2. The van der Waals surface area contributed by atoms with Crippen molar-refractivity contribution in [2.45, 2.75) is 58.2 Å². The van der Waals surface area contributed by atoms with Crippen LogP contribution in [0.1, 0.15) is 40.5 Å². The number of amides is 1. The molecule has 2 heterocycles. The number of aromatic nitrogens is 2. The van der Waals surface area contributed by atoms with Gasteiger partial charge in [-0.15, -0.1) is 0 Å². The number of nitrogens with one attached hydrogen (secondary N) is 1. The molecule has 1 aromatic heterocycles. The van der Waals surface area contributed by atoms with E-state index < -0.39 is 11.6 Å². The van der Waals surface area contributed by atoms with Crippen LogP contribution < -0.4 is 10.2 Å². The number of carboxylic acid groups (broad SMARTS) is 1. The van der Waals surface area contributed by atoms with Crippen LogP contribution in [0.5, 0.6) is 0 Å². The van der Waals surface area contributed by atoms with Crippen molar-refractivity contribution >= 4 is 29.5 Å². The van der Waals surface area contributed by atoms with Gasteiger partial charge in [-0.05, 0) is 40.5 Å². The van der Waals surface area contributed by atoms with Gasteiger partial charge in [0.25, 0.3) is 0 Å². The molecule has 2 atom stereocenters. The summed E-state index contributed by atoms with van der Waals surface area (Å²) in [5.74, 6) is 1.17. The Morgan fingerprint density at radius 2 is 2.08 bits per heavy atom. The smallest absolute Gasteiger partial charge is 0.408 e. The molecule has 1 aromatic rings. The lowest BCUT2D eigenvalue weighted by atomic mass is 9.94. The molecule has 134 valence electrons. The number of piperidine rings is 1. The van der Waals surface area contributed by atoms with Crippen LogP contribution in [-0.4, -0.2) is 57.3 Å². The Bertz CT molecular complexity index is 605. The molecule has 0 spiro atoms. The largest absolute Gasteiger partial charge is 0.465 e. The monoisotopic (exact) mass is 355 g/mol. The number of halogens is 1. The third kappa shape index (κ3) is 4.01. The van der Waals surface area contributed by atoms with E-state index in [0.29, 0.717) is 17.6 Å². The minimum Gasteiger partial charge on any atom is -0.465 e. The van der Waals surface area contributed by atoms with Crippen LogP contribution in [0.3, 0.4) is 0 Å². The van der Waals surface area contributed by atoms with E-state index in [-0.39, 0.29) is 12.1 Å². The summed E-state index contributed by atoms with van der Waals surface area (Å²) in [6, 6.07) is 1.89. The summed E-state index contributed by atoms with van der Waals surface area (Å²) >= 11 is 6.10. The second-order valence-electron chi connectivity index (χ2n) is 7.18. The van der Waals surface area contributed by atoms with E-state index in [1.165, 1.54) is 0 Å². The lowest BCUT2D eigenvalue weighted by Crippen LogP contribution is -2.58. The van der Waals surface area contributed by atoms with Crippen molar-refractivity contribution in [2.24, 2.45) is 0 Å². The zero-order chi connectivity index (χ0) is 18.1. The summed E-state index contributed by atoms with van der Waals surface area (Å²) in [6.45, 7) is 8.47. The zero-order valence-corrected chi connectivity index (χ0v) is 15.6. The molecule has 0 saturated carbocycles. The van der Waals surface area contributed by atoms with E-state index in [1.807, 2.05) is 20.8 Å². The van der Waals surface area contributed by atoms with Crippen LogP contribution in [0.25, 0.3) is 0 Å². The second kappa shape index (κ2) is 7.01. The highest BCUT2D eigenvalue weighted by atomic mass is 35.5. The predicted molar refractivity (Wildman–Crippen MR) is 96.0 cm³/mol. The quantitative estimate of drug-likeness (QED) is 0.809. The van der Waals surface area contributed by atoms with Crippen molar-refractivity contribution in [1.29, 1.82) is 0 Å². The van der Waals surface area contributed by atoms with Crippen molar-refractivity contribution in [1.82, 2.24) is 14.9 Å². The lowest BCUT2D eigenvalue weighted by Gasteiger charge is -2.46. The molecular weight excluding hydrogens is 330 g/mol. The van der Waals surface area contributed by atoms with Crippen LogP contribution in [0, 0.1) is 0 Å². The van der Waals surface area contributed by atoms with Crippen LogP contribution >= 0.6 is 11.6 Å². The fourth-order valence-electron chi connectivity index (χ4n) is 3.27. The van der Waals surface area contributed by atoms with E-state index in [9.17, 15) is 9.90 Å². The van der Waals surface area contributed by atoms with E-state index in [1.54, 1.807) is 18.0 Å². The van der Waals surface area contributed by atoms with Gasteiger partial charge < -0.3 is 15.3 Å². The van der Waals surface area contributed by atoms with E-state index in [2.05, 4.69) is 27.1 Å². The molecule has 2 N–H and O–H groups in total. The van der Waals surface area contributed by atoms with Crippen LogP contribution in [0.4, 0.5) is 16.6 Å². The third-order valence-corrected chi connectivity index (χ3v) is 4.54. The van der Waals surface area contributed by atoms with Crippen LogP contribution in [0.2, 0.25) is 5.15 Å². The van der Waals surface area contributed by atoms with Gasteiger partial charge in [-0.25, -0.2) is 9.78 Å². The predicted octanol–water partition coefficient (Wildman–Crippen LogP) is 3.31. The average Bonchev–Trinajstić information content (AvgIpc) is 2.46. The molecule has 1 aliphatic rings. The molecule has 1 amide bonds. The molecule has 0 aliphatic carbocycles. The molecule has 0 bridgehead atoms. The standard InChI is InChI=1S/C16H26ClN5O2/c1-10-6-7-11(22(15(23)24)16(2,3)4)9-21(10)13-8-12(17)19-14(18-5)20-13/h8,10-11H,6-7,9H2,1-5H3,(H,23,24)(H,18,19,20)/t10-,11+/m0/s1. The maximum absolute atomic E-state index is 11.8.